The lowest BCUT2D eigenvalue weighted by atomic mass is 9.37. The first kappa shape index (κ1) is 42.0. The molecule has 0 N–H and O–H groups in total. The van der Waals surface area contributed by atoms with E-state index in [0.29, 0.717) is 6.67 Å². The average Bonchev–Trinajstić information content (AvgIpc) is 3.90. The highest BCUT2D eigenvalue weighted by atomic mass is 15.4. The van der Waals surface area contributed by atoms with Crippen LogP contribution in [-0.2, 0) is 10.8 Å². The van der Waals surface area contributed by atoms with Crippen LogP contribution >= 0.6 is 0 Å². The minimum atomic E-state index is -0.236. The van der Waals surface area contributed by atoms with E-state index in [9.17, 15) is 0 Å². The van der Waals surface area contributed by atoms with Crippen LogP contribution in [0.3, 0.4) is 0 Å². The van der Waals surface area contributed by atoms with Crippen molar-refractivity contribution < 1.29 is 0 Å². The number of aromatic nitrogens is 2. The van der Waals surface area contributed by atoms with Crippen LogP contribution in [0.15, 0.2) is 212 Å². The molecule has 67 heavy (non-hydrogen) atoms. The molecule has 0 aliphatic carbocycles. The third-order valence-electron chi connectivity index (χ3n) is 14.7. The Morgan fingerprint density at radius 2 is 0.955 bits per heavy atom. The summed E-state index contributed by atoms with van der Waals surface area (Å²) >= 11 is 0. The molecule has 2 aromatic heterocycles. The smallest absolute Gasteiger partial charge is 0.241 e. The summed E-state index contributed by atoms with van der Waals surface area (Å²) in [6.45, 7) is 14.6. The van der Waals surface area contributed by atoms with E-state index in [4.69, 9.17) is 4.98 Å². The van der Waals surface area contributed by atoms with E-state index in [0.717, 1.165) is 16.9 Å². The van der Waals surface area contributed by atoms with Crippen LogP contribution in [0.5, 0.6) is 0 Å². The van der Waals surface area contributed by atoms with Gasteiger partial charge in [0, 0.05) is 39.2 Å². The molecule has 326 valence electrons. The van der Waals surface area contributed by atoms with E-state index in [1.54, 1.807) is 0 Å². The van der Waals surface area contributed by atoms with Gasteiger partial charge in [0.2, 0.25) is 6.71 Å². The average molecular weight is 867 g/mol. The van der Waals surface area contributed by atoms with Crippen molar-refractivity contribution in [2.24, 2.45) is 0 Å². The van der Waals surface area contributed by atoms with Gasteiger partial charge >= 0.3 is 0 Å². The van der Waals surface area contributed by atoms with Crippen molar-refractivity contribution in [3.8, 4) is 5.82 Å². The zero-order valence-electron chi connectivity index (χ0n) is 39.3. The molecule has 1 aliphatic heterocycles. The molecule has 0 atom stereocenters. The predicted octanol–water partition coefficient (Wildman–Crippen LogP) is 13.2. The quantitative estimate of drug-likeness (QED) is 0.128. The Bertz CT molecular complexity index is 3340. The van der Waals surface area contributed by atoms with E-state index < -0.39 is 0 Å². The molecule has 0 spiro atoms. The van der Waals surface area contributed by atoms with E-state index in [-0.39, 0.29) is 17.5 Å². The maximum Gasteiger partial charge on any atom is 0.241 e. The third kappa shape index (κ3) is 7.40. The van der Waals surface area contributed by atoms with Crippen molar-refractivity contribution in [3.63, 3.8) is 0 Å². The molecule has 0 amide bonds. The lowest BCUT2D eigenvalue weighted by molar-refractivity contribution is 0.617. The summed E-state index contributed by atoms with van der Waals surface area (Å²) in [5.41, 5.74) is 18.1. The minimum absolute atomic E-state index is 0.0154. The lowest BCUT2D eigenvalue weighted by Crippen LogP contribution is -2.52. The summed E-state index contributed by atoms with van der Waals surface area (Å²) in [6.07, 6.45) is 1.88. The summed E-state index contributed by atoms with van der Waals surface area (Å²) in [5.74, 6) is 0.914. The zero-order chi connectivity index (χ0) is 45.9. The first-order chi connectivity index (χ1) is 32.6. The fourth-order valence-corrected chi connectivity index (χ4v) is 10.5. The van der Waals surface area contributed by atoms with Crippen LogP contribution in [0.1, 0.15) is 61.1 Å². The fraction of sp³-hybridized carbons (Fsp3) is 0.145. The topological polar surface area (TPSA) is 24.3 Å². The van der Waals surface area contributed by atoms with Crippen LogP contribution in [0.25, 0.3) is 27.6 Å². The molecule has 0 saturated carbocycles. The molecule has 1 aliphatic rings. The predicted molar refractivity (Wildman–Crippen MR) is 285 cm³/mol. The molecule has 0 unspecified atom stereocenters. The number of fused-ring (bicyclic) bond motifs is 4. The Morgan fingerprint density at radius 1 is 0.418 bits per heavy atom. The number of aryl methyl sites for hydroxylation is 2. The van der Waals surface area contributed by atoms with Crippen LogP contribution in [0.2, 0.25) is 0 Å². The summed E-state index contributed by atoms with van der Waals surface area (Å²) in [4.78, 5) is 9.90. The highest BCUT2D eigenvalue weighted by molar-refractivity contribution is 6.95. The monoisotopic (exact) mass is 866 g/mol. The molecule has 0 radical (unpaired) electrons. The third-order valence-corrected chi connectivity index (χ3v) is 14.7. The molecule has 10 aromatic rings. The summed E-state index contributed by atoms with van der Waals surface area (Å²) in [7, 11) is 0. The molecule has 5 heteroatoms. The fourth-order valence-electron chi connectivity index (χ4n) is 10.5. The number of rotatable bonds is 10. The Kier molecular flexibility index (Phi) is 10.5. The number of hydrogen-bond donors (Lipinski definition) is 0. The van der Waals surface area contributed by atoms with Crippen molar-refractivity contribution in [1.82, 2.24) is 9.55 Å². The standard InChI is InChI=1S/C62H55BN4/c1-43-35-58-59(36-44(43)2)66(53-38-47(61(3,4)45-21-10-7-11-22-45)37-48(39-53)62(5,6)46-23-12-8-13-24-46)42-65(58)52-28-20-27-50(40-52)63(49-25-14-9-15-26-49)51-32-33-55-54-29-16-17-30-56(54)67(57(55)41-51)60-31-18-19-34-64-60/h7-41H,42H2,1-6H3. The van der Waals surface area contributed by atoms with E-state index in [2.05, 4.69) is 256 Å². The minimum Gasteiger partial charge on any atom is -0.321 e. The number of para-hydroxylation sites is 1. The van der Waals surface area contributed by atoms with Crippen LogP contribution in [0.4, 0.5) is 22.7 Å². The van der Waals surface area contributed by atoms with Crippen molar-refractivity contribution in [2.45, 2.75) is 52.4 Å². The van der Waals surface area contributed by atoms with Gasteiger partial charge in [-0.2, -0.15) is 0 Å². The Balaban J connectivity index is 1.05. The van der Waals surface area contributed by atoms with E-state index in [1.807, 2.05) is 12.3 Å². The van der Waals surface area contributed by atoms with Gasteiger partial charge in [-0.05, 0) is 108 Å². The van der Waals surface area contributed by atoms with Gasteiger partial charge in [0.15, 0.2) is 0 Å². The number of pyridine rings is 1. The largest absolute Gasteiger partial charge is 0.321 e. The molecule has 0 bridgehead atoms. The van der Waals surface area contributed by atoms with Gasteiger partial charge < -0.3 is 9.80 Å². The van der Waals surface area contributed by atoms with Crippen LogP contribution in [-0.4, -0.2) is 22.9 Å². The Morgan fingerprint density at radius 3 is 1.58 bits per heavy atom. The van der Waals surface area contributed by atoms with Gasteiger partial charge in [-0.15, -0.1) is 0 Å². The molecule has 4 nitrogen and oxygen atoms in total. The first-order valence-corrected chi connectivity index (χ1v) is 23.6. The first-order valence-electron chi connectivity index (χ1n) is 23.6. The zero-order valence-corrected chi connectivity index (χ0v) is 39.3. The molecule has 8 aromatic carbocycles. The Hall–Kier alpha value is -7.63. The SMILES string of the molecule is Cc1cc2c(cc1C)N(c1cc(C(C)(C)c3ccccc3)cc(C(C)(C)c3ccccc3)c1)CN2c1cccc(B(c2ccccc2)c2ccc3c4ccccc4n(-c4ccccn4)c3c2)c1. The van der Waals surface area contributed by atoms with E-state index in [1.165, 1.54) is 83.3 Å². The number of anilines is 4. The van der Waals surface area contributed by atoms with Gasteiger partial charge in [0.25, 0.3) is 0 Å². The molecule has 11 rings (SSSR count). The second-order valence-corrected chi connectivity index (χ2v) is 19.4. The second kappa shape index (κ2) is 16.7. The van der Waals surface area contributed by atoms with Crippen LogP contribution < -0.4 is 26.2 Å². The number of benzene rings is 8. The maximum atomic E-state index is 4.84. The molecular formula is C62H55BN4. The van der Waals surface area contributed by atoms with Gasteiger partial charge in [-0.25, -0.2) is 4.98 Å². The van der Waals surface area contributed by atoms with Gasteiger partial charge in [-0.1, -0.05) is 190 Å². The highest BCUT2D eigenvalue weighted by Crippen LogP contribution is 2.48. The van der Waals surface area contributed by atoms with Crippen molar-refractivity contribution in [3.05, 3.63) is 246 Å². The van der Waals surface area contributed by atoms with Crippen molar-refractivity contribution in [2.75, 3.05) is 16.5 Å². The summed E-state index contributed by atoms with van der Waals surface area (Å²) < 4.78 is 2.31. The molecular weight excluding hydrogens is 812 g/mol. The lowest BCUT2D eigenvalue weighted by Gasteiger charge is -2.33. The second-order valence-electron chi connectivity index (χ2n) is 19.4. The van der Waals surface area contributed by atoms with Crippen LogP contribution in [0, 0.1) is 13.8 Å². The van der Waals surface area contributed by atoms with Gasteiger partial charge in [-0.3, -0.25) is 4.57 Å². The van der Waals surface area contributed by atoms with Crippen molar-refractivity contribution in [1.29, 1.82) is 0 Å². The van der Waals surface area contributed by atoms with Crippen molar-refractivity contribution >= 4 is 67.7 Å². The molecule has 0 saturated heterocycles. The highest BCUT2D eigenvalue weighted by Gasteiger charge is 2.34. The molecule has 3 heterocycles. The Labute approximate surface area is 395 Å². The molecule has 0 fully saturated rings. The van der Waals surface area contributed by atoms with Gasteiger partial charge in [0.05, 0.1) is 22.4 Å². The van der Waals surface area contributed by atoms with E-state index >= 15 is 0 Å². The number of nitrogens with zero attached hydrogens (tertiary/aromatic N) is 4. The summed E-state index contributed by atoms with van der Waals surface area (Å²) in [5, 5.41) is 2.44. The van der Waals surface area contributed by atoms with Gasteiger partial charge in [0.1, 0.15) is 12.5 Å². The summed E-state index contributed by atoms with van der Waals surface area (Å²) in [6, 6.07) is 76.2. The normalized spacial score (nSPS) is 12.8. The maximum absolute atomic E-state index is 4.84. The number of hydrogen-bond acceptors (Lipinski definition) is 3.